The summed E-state index contributed by atoms with van der Waals surface area (Å²) in [5, 5.41) is 12.0. The summed E-state index contributed by atoms with van der Waals surface area (Å²) in [4.78, 5) is 0. The van der Waals surface area contributed by atoms with Gasteiger partial charge in [-0.05, 0) is 12.8 Å². The molecule has 0 unspecified atom stereocenters. The van der Waals surface area contributed by atoms with E-state index >= 15 is 0 Å². The zero-order chi connectivity index (χ0) is 6.24. The molecule has 0 aromatic rings. The minimum Gasteiger partial charge on any atom is -0.0842 e. The van der Waals surface area contributed by atoms with Crippen molar-refractivity contribution in [3.8, 4) is 0 Å². The number of rotatable bonds is 0. The van der Waals surface area contributed by atoms with Crippen molar-refractivity contribution in [1.82, 2.24) is 0 Å². The molecule has 2 heteroatoms. The molecular formula is C6H8N2. The summed E-state index contributed by atoms with van der Waals surface area (Å²) in [5.41, 5.74) is 0. The SMILES string of the molecule is C1=CCCC=C1.N#N. The number of nitrogens with zero attached hydrogens (tertiary/aromatic N) is 2. The lowest BCUT2D eigenvalue weighted by Gasteiger charge is -1.88. The van der Waals surface area contributed by atoms with E-state index in [-0.39, 0.29) is 0 Å². The molecule has 0 bridgehead atoms. The molecule has 0 heterocycles. The number of hydrogen-bond donors (Lipinski definition) is 0. The molecule has 42 valence electrons. The highest BCUT2D eigenvalue weighted by atomic mass is 14.6. The molecule has 0 aromatic heterocycles. The molecule has 2 nitrogen and oxygen atoms in total. The van der Waals surface area contributed by atoms with Gasteiger partial charge < -0.3 is 0 Å². The van der Waals surface area contributed by atoms with E-state index in [2.05, 4.69) is 24.3 Å². The van der Waals surface area contributed by atoms with Gasteiger partial charge in [-0.25, -0.2) is 0 Å². The van der Waals surface area contributed by atoms with Crippen LogP contribution in [-0.4, -0.2) is 0 Å². The van der Waals surface area contributed by atoms with E-state index < -0.39 is 0 Å². The molecule has 0 saturated heterocycles. The molecule has 1 rings (SSSR count). The van der Waals surface area contributed by atoms with Gasteiger partial charge >= 0.3 is 0 Å². The zero-order valence-electron chi connectivity index (χ0n) is 4.62. The lowest BCUT2D eigenvalue weighted by molar-refractivity contribution is 1.04. The van der Waals surface area contributed by atoms with Gasteiger partial charge in [0.2, 0.25) is 0 Å². The molecule has 0 aliphatic heterocycles. The summed E-state index contributed by atoms with van der Waals surface area (Å²) in [6.45, 7) is 0. The fourth-order valence-electron chi connectivity index (χ4n) is 0.542. The van der Waals surface area contributed by atoms with Crippen molar-refractivity contribution >= 4 is 0 Å². The van der Waals surface area contributed by atoms with E-state index in [9.17, 15) is 0 Å². The number of hydrogen-bond acceptors (Lipinski definition) is 2. The Morgan fingerprint density at radius 3 is 1.38 bits per heavy atom. The predicted molar refractivity (Wildman–Crippen MR) is 31.0 cm³/mol. The highest BCUT2D eigenvalue weighted by Crippen LogP contribution is 1.98. The van der Waals surface area contributed by atoms with Gasteiger partial charge in [-0.2, -0.15) is 0 Å². The van der Waals surface area contributed by atoms with Gasteiger partial charge in [0.1, 0.15) is 0 Å². The summed E-state index contributed by atoms with van der Waals surface area (Å²) < 4.78 is 0. The quantitative estimate of drug-likeness (QED) is 0.445. The Labute approximate surface area is 48.9 Å². The van der Waals surface area contributed by atoms with Crippen molar-refractivity contribution in [3.63, 3.8) is 0 Å². The van der Waals surface area contributed by atoms with Crippen molar-refractivity contribution in [2.75, 3.05) is 0 Å². The highest BCUT2D eigenvalue weighted by molar-refractivity contribution is 5.07. The molecule has 0 saturated carbocycles. The first kappa shape index (κ1) is 6.90. The summed E-state index contributed by atoms with van der Waals surface area (Å²) in [7, 11) is 0. The van der Waals surface area contributed by atoms with Crippen LogP contribution in [0.5, 0.6) is 0 Å². The molecular weight excluding hydrogens is 100 g/mol. The minimum absolute atomic E-state index is 1.23. The van der Waals surface area contributed by atoms with E-state index in [0.717, 1.165) is 0 Å². The molecule has 0 spiro atoms. The molecule has 0 radical (unpaired) electrons. The topological polar surface area (TPSA) is 47.6 Å². The van der Waals surface area contributed by atoms with Gasteiger partial charge in [-0.15, -0.1) is 0 Å². The molecule has 0 atom stereocenters. The van der Waals surface area contributed by atoms with E-state index in [1.807, 2.05) is 0 Å². The van der Waals surface area contributed by atoms with Crippen LogP contribution in [0.3, 0.4) is 0 Å². The number of allylic oxidation sites excluding steroid dienone is 4. The van der Waals surface area contributed by atoms with Crippen molar-refractivity contribution < 1.29 is 0 Å². The van der Waals surface area contributed by atoms with Crippen LogP contribution in [0.2, 0.25) is 0 Å². The summed E-state index contributed by atoms with van der Waals surface area (Å²) >= 11 is 0. The van der Waals surface area contributed by atoms with Crippen LogP contribution in [0, 0.1) is 10.8 Å². The first-order valence-electron chi connectivity index (χ1n) is 2.52. The standard InChI is InChI=1S/C6H8.N2/c1-2-4-6-5-3-1;1-2/h1-4H,5-6H2;. The van der Waals surface area contributed by atoms with Crippen LogP contribution in [-0.2, 0) is 0 Å². The Morgan fingerprint density at radius 2 is 1.25 bits per heavy atom. The molecule has 0 N–H and O–H groups in total. The average molecular weight is 108 g/mol. The fraction of sp³-hybridized carbons (Fsp3) is 0.333. The van der Waals surface area contributed by atoms with Crippen LogP contribution < -0.4 is 0 Å². The third kappa shape index (κ3) is 3.10. The zero-order valence-corrected chi connectivity index (χ0v) is 4.62. The maximum atomic E-state index is 6.00. The van der Waals surface area contributed by atoms with Crippen LogP contribution >= 0.6 is 0 Å². The average Bonchev–Trinajstić information content (AvgIpc) is 1.96. The molecule has 1 aliphatic rings. The molecule has 0 fully saturated rings. The third-order valence-electron chi connectivity index (χ3n) is 0.883. The fourth-order valence-corrected chi connectivity index (χ4v) is 0.542. The first-order valence-corrected chi connectivity index (χ1v) is 2.52. The maximum Gasteiger partial charge on any atom is 0 e. The van der Waals surface area contributed by atoms with Crippen molar-refractivity contribution in [2.24, 2.45) is 0 Å². The van der Waals surface area contributed by atoms with Gasteiger partial charge in [0.05, 0.1) is 0 Å². The Bertz CT molecular complexity index is 98.9. The smallest absolute Gasteiger partial charge is 0 e. The lowest BCUT2D eigenvalue weighted by Crippen LogP contribution is -1.67. The summed E-state index contributed by atoms with van der Waals surface area (Å²) in [6.07, 6.45) is 11.0. The van der Waals surface area contributed by atoms with Crippen molar-refractivity contribution in [1.29, 1.82) is 10.8 Å². The van der Waals surface area contributed by atoms with E-state index in [1.54, 1.807) is 0 Å². The normalized spacial score (nSPS) is 14.2. The Hall–Kier alpha value is -1.10. The Balaban J connectivity index is 0.000000222. The van der Waals surface area contributed by atoms with Gasteiger partial charge in [0.25, 0.3) is 0 Å². The van der Waals surface area contributed by atoms with Gasteiger partial charge in [0.15, 0.2) is 0 Å². The molecule has 0 aromatic carbocycles. The highest BCUT2D eigenvalue weighted by Gasteiger charge is 1.77. The van der Waals surface area contributed by atoms with Gasteiger partial charge in [-0.3, -0.25) is 0 Å². The third-order valence-corrected chi connectivity index (χ3v) is 0.883. The Morgan fingerprint density at radius 1 is 0.875 bits per heavy atom. The molecule has 0 amide bonds. The first-order chi connectivity index (χ1) is 4.00. The maximum absolute atomic E-state index is 6.00. The second kappa shape index (κ2) is 5.90. The van der Waals surface area contributed by atoms with Crippen LogP contribution in [0.25, 0.3) is 0 Å². The Kier molecular flexibility index (Phi) is 5.09. The van der Waals surface area contributed by atoms with Crippen LogP contribution in [0.1, 0.15) is 12.8 Å². The minimum atomic E-state index is 1.23. The van der Waals surface area contributed by atoms with E-state index in [4.69, 9.17) is 10.8 Å². The lowest BCUT2D eigenvalue weighted by atomic mass is 10.2. The predicted octanol–water partition coefficient (Wildman–Crippen LogP) is 1.92. The molecule has 8 heavy (non-hydrogen) atoms. The molecule has 1 aliphatic carbocycles. The van der Waals surface area contributed by atoms with Gasteiger partial charge in [0, 0.05) is 10.8 Å². The van der Waals surface area contributed by atoms with Crippen molar-refractivity contribution in [2.45, 2.75) is 12.8 Å². The summed E-state index contributed by atoms with van der Waals surface area (Å²) in [6, 6.07) is 0. The van der Waals surface area contributed by atoms with Crippen molar-refractivity contribution in [3.05, 3.63) is 24.3 Å². The van der Waals surface area contributed by atoms with Crippen LogP contribution in [0.15, 0.2) is 24.3 Å². The summed E-state index contributed by atoms with van der Waals surface area (Å²) in [5.74, 6) is 0. The second-order valence-electron chi connectivity index (χ2n) is 1.43. The largest absolute Gasteiger partial charge is 0.0842 e. The van der Waals surface area contributed by atoms with E-state index in [0.29, 0.717) is 0 Å². The monoisotopic (exact) mass is 108 g/mol. The second-order valence-corrected chi connectivity index (χ2v) is 1.43. The van der Waals surface area contributed by atoms with Crippen LogP contribution in [0.4, 0.5) is 0 Å². The van der Waals surface area contributed by atoms with E-state index in [1.165, 1.54) is 12.8 Å². The van der Waals surface area contributed by atoms with Gasteiger partial charge in [-0.1, -0.05) is 24.3 Å².